The van der Waals surface area contributed by atoms with E-state index in [4.69, 9.17) is 10.5 Å². The molecule has 1 aliphatic heterocycles. The summed E-state index contributed by atoms with van der Waals surface area (Å²) in [6, 6.07) is 4.90. The number of rotatable bonds is 6. The van der Waals surface area contributed by atoms with Gasteiger partial charge in [0.05, 0.1) is 12.4 Å². The van der Waals surface area contributed by atoms with Gasteiger partial charge in [0.25, 0.3) is 5.91 Å². The van der Waals surface area contributed by atoms with E-state index in [2.05, 4.69) is 30.6 Å². The standard InChI is InChI=1S/C18H22N8O3/c1-20-17(28)14-11(19)13(27)18(29-14)26-9-25-12-15(23-8-24-16(12)26)22-7-5-10-4-2-3-6-21-10/h2-4,6,8-9,11,13-14,18,27H,5,7,19H2,1H3,(H,20,28)(H,22,23,24)/t11-,13-,14-,18+/m0/s1. The maximum absolute atomic E-state index is 11.9. The molecule has 0 bridgehead atoms. The van der Waals surface area contributed by atoms with E-state index >= 15 is 0 Å². The second-order valence-corrected chi connectivity index (χ2v) is 6.67. The molecule has 3 aromatic heterocycles. The second-order valence-electron chi connectivity index (χ2n) is 6.67. The summed E-state index contributed by atoms with van der Waals surface area (Å²) < 4.78 is 7.28. The molecule has 0 saturated carbocycles. The Labute approximate surface area is 166 Å². The maximum Gasteiger partial charge on any atom is 0.250 e. The molecule has 0 radical (unpaired) electrons. The van der Waals surface area contributed by atoms with Crippen LogP contribution in [-0.2, 0) is 16.0 Å². The minimum absolute atomic E-state index is 0.394. The molecule has 152 valence electrons. The fraction of sp³-hybridized carbons (Fsp3) is 0.389. The van der Waals surface area contributed by atoms with Crippen LogP contribution in [0.25, 0.3) is 11.2 Å². The van der Waals surface area contributed by atoms with Crippen LogP contribution in [0, 0.1) is 0 Å². The van der Waals surface area contributed by atoms with E-state index in [0.29, 0.717) is 23.5 Å². The number of imidazole rings is 1. The van der Waals surface area contributed by atoms with Gasteiger partial charge in [-0.25, -0.2) is 15.0 Å². The van der Waals surface area contributed by atoms with Crippen LogP contribution in [-0.4, -0.2) is 67.4 Å². The second kappa shape index (κ2) is 8.07. The smallest absolute Gasteiger partial charge is 0.250 e. The Morgan fingerprint density at radius 1 is 1.31 bits per heavy atom. The molecule has 0 aliphatic carbocycles. The Bertz CT molecular complexity index is 995. The quantitative estimate of drug-likeness (QED) is 0.418. The fourth-order valence-corrected chi connectivity index (χ4v) is 3.32. The Morgan fingerprint density at radius 3 is 2.93 bits per heavy atom. The van der Waals surface area contributed by atoms with Crippen LogP contribution in [0.15, 0.2) is 37.1 Å². The monoisotopic (exact) mass is 398 g/mol. The van der Waals surface area contributed by atoms with Gasteiger partial charge in [0, 0.05) is 31.9 Å². The normalized spacial score (nSPS) is 24.0. The molecule has 4 rings (SSSR count). The van der Waals surface area contributed by atoms with Gasteiger partial charge in [0.2, 0.25) is 0 Å². The third-order valence-electron chi connectivity index (χ3n) is 4.86. The Balaban J connectivity index is 1.54. The highest BCUT2D eigenvalue weighted by Crippen LogP contribution is 2.31. The predicted molar refractivity (Wildman–Crippen MR) is 104 cm³/mol. The molecule has 1 fully saturated rings. The number of aromatic nitrogens is 5. The molecule has 11 nitrogen and oxygen atoms in total. The first-order chi connectivity index (χ1) is 14.1. The van der Waals surface area contributed by atoms with Crippen molar-refractivity contribution in [3.05, 3.63) is 42.7 Å². The van der Waals surface area contributed by atoms with Crippen molar-refractivity contribution < 1.29 is 14.6 Å². The molecular formula is C18H22N8O3. The van der Waals surface area contributed by atoms with Crippen LogP contribution in [0.3, 0.4) is 0 Å². The van der Waals surface area contributed by atoms with Crippen molar-refractivity contribution >= 4 is 22.9 Å². The SMILES string of the molecule is CNC(=O)[C@H]1O[C@@H](n2cnc3c(NCCc4ccccn4)ncnc32)[C@@H](O)[C@@H]1N. The molecule has 3 aromatic rings. The Hall–Kier alpha value is -3.15. The fourth-order valence-electron chi connectivity index (χ4n) is 3.32. The van der Waals surface area contributed by atoms with E-state index in [-0.39, 0.29) is 0 Å². The average molecular weight is 398 g/mol. The lowest BCUT2D eigenvalue weighted by Gasteiger charge is -2.16. The number of likely N-dealkylation sites (N-methyl/N-ethyl adjacent to an activating group) is 1. The van der Waals surface area contributed by atoms with Gasteiger partial charge in [-0.15, -0.1) is 0 Å². The minimum atomic E-state index is -1.09. The van der Waals surface area contributed by atoms with Gasteiger partial charge in [-0.05, 0) is 12.1 Å². The summed E-state index contributed by atoms with van der Waals surface area (Å²) in [5.41, 5.74) is 7.93. The Kier molecular flexibility index (Phi) is 5.34. The zero-order chi connectivity index (χ0) is 20.4. The number of nitrogens with zero attached hydrogens (tertiary/aromatic N) is 5. The van der Waals surface area contributed by atoms with Crippen LogP contribution in [0.1, 0.15) is 11.9 Å². The molecule has 1 aliphatic rings. The zero-order valence-electron chi connectivity index (χ0n) is 15.8. The van der Waals surface area contributed by atoms with E-state index in [1.165, 1.54) is 19.7 Å². The average Bonchev–Trinajstić information content (AvgIpc) is 3.30. The van der Waals surface area contributed by atoms with E-state index in [1.54, 1.807) is 10.8 Å². The van der Waals surface area contributed by atoms with Crippen LogP contribution in [0.5, 0.6) is 0 Å². The number of anilines is 1. The lowest BCUT2D eigenvalue weighted by atomic mass is 10.1. The molecule has 0 unspecified atom stereocenters. The summed E-state index contributed by atoms with van der Waals surface area (Å²) >= 11 is 0. The van der Waals surface area contributed by atoms with Gasteiger partial charge in [0.15, 0.2) is 29.3 Å². The predicted octanol–water partition coefficient (Wildman–Crippen LogP) is -0.792. The topological polar surface area (TPSA) is 153 Å². The number of nitrogens with two attached hydrogens (primary N) is 1. The van der Waals surface area contributed by atoms with Gasteiger partial charge in [-0.3, -0.25) is 14.3 Å². The highest BCUT2D eigenvalue weighted by molar-refractivity contribution is 5.83. The molecule has 29 heavy (non-hydrogen) atoms. The minimum Gasteiger partial charge on any atom is -0.387 e. The van der Waals surface area contributed by atoms with Crippen molar-refractivity contribution in [3.8, 4) is 0 Å². The summed E-state index contributed by atoms with van der Waals surface area (Å²) in [5, 5.41) is 16.2. The number of pyridine rings is 1. The van der Waals surface area contributed by atoms with Gasteiger partial charge >= 0.3 is 0 Å². The number of fused-ring (bicyclic) bond motifs is 1. The van der Waals surface area contributed by atoms with Crippen molar-refractivity contribution in [1.82, 2.24) is 29.8 Å². The van der Waals surface area contributed by atoms with E-state index in [9.17, 15) is 9.90 Å². The van der Waals surface area contributed by atoms with Crippen molar-refractivity contribution in [3.63, 3.8) is 0 Å². The van der Waals surface area contributed by atoms with Crippen LogP contribution < -0.4 is 16.4 Å². The van der Waals surface area contributed by atoms with Crippen LogP contribution >= 0.6 is 0 Å². The number of aliphatic hydroxyl groups excluding tert-OH is 1. The van der Waals surface area contributed by atoms with Gasteiger partial charge < -0.3 is 26.2 Å². The number of ether oxygens (including phenoxy) is 1. The summed E-state index contributed by atoms with van der Waals surface area (Å²) in [5.74, 6) is 0.166. The lowest BCUT2D eigenvalue weighted by Crippen LogP contribution is -2.46. The molecular weight excluding hydrogens is 376 g/mol. The number of hydrogen-bond donors (Lipinski definition) is 4. The van der Waals surface area contributed by atoms with Crippen LogP contribution in [0.2, 0.25) is 0 Å². The molecule has 1 amide bonds. The molecule has 0 spiro atoms. The molecule has 1 saturated heterocycles. The molecule has 4 heterocycles. The van der Waals surface area contributed by atoms with Gasteiger partial charge in [-0.1, -0.05) is 6.07 Å². The number of carbonyl (C=O) groups excluding carboxylic acids is 1. The highest BCUT2D eigenvalue weighted by atomic mass is 16.5. The van der Waals surface area contributed by atoms with Crippen molar-refractivity contribution in [2.24, 2.45) is 5.73 Å². The molecule has 5 N–H and O–H groups in total. The number of aliphatic hydroxyl groups is 1. The Morgan fingerprint density at radius 2 is 2.17 bits per heavy atom. The van der Waals surface area contributed by atoms with Crippen LogP contribution in [0.4, 0.5) is 5.82 Å². The number of amides is 1. The first kappa shape index (κ1) is 19.2. The lowest BCUT2D eigenvalue weighted by molar-refractivity contribution is -0.134. The number of nitrogens with one attached hydrogen (secondary N) is 2. The summed E-state index contributed by atoms with van der Waals surface area (Å²) in [6.45, 7) is 0.613. The first-order valence-electron chi connectivity index (χ1n) is 9.22. The summed E-state index contributed by atoms with van der Waals surface area (Å²) in [4.78, 5) is 29.1. The van der Waals surface area contributed by atoms with Crippen molar-refractivity contribution in [2.45, 2.75) is 30.9 Å². The molecule has 4 atom stereocenters. The van der Waals surface area contributed by atoms with E-state index < -0.39 is 30.4 Å². The molecule has 11 heteroatoms. The largest absolute Gasteiger partial charge is 0.387 e. The molecule has 0 aromatic carbocycles. The van der Waals surface area contributed by atoms with E-state index in [0.717, 1.165) is 12.1 Å². The summed E-state index contributed by atoms with van der Waals surface area (Å²) in [7, 11) is 1.49. The van der Waals surface area contributed by atoms with Crippen molar-refractivity contribution in [2.75, 3.05) is 18.9 Å². The third-order valence-corrected chi connectivity index (χ3v) is 4.86. The zero-order valence-corrected chi connectivity index (χ0v) is 15.8. The summed E-state index contributed by atoms with van der Waals surface area (Å²) in [6.07, 6.45) is 2.44. The number of carbonyl (C=O) groups is 1. The third kappa shape index (κ3) is 3.62. The maximum atomic E-state index is 11.9. The highest BCUT2D eigenvalue weighted by Gasteiger charge is 2.46. The van der Waals surface area contributed by atoms with Crippen molar-refractivity contribution in [1.29, 1.82) is 0 Å². The van der Waals surface area contributed by atoms with E-state index in [1.807, 2.05) is 18.2 Å². The van der Waals surface area contributed by atoms with Gasteiger partial charge in [-0.2, -0.15) is 0 Å². The first-order valence-corrected chi connectivity index (χ1v) is 9.22. The number of hydrogen-bond acceptors (Lipinski definition) is 9. The van der Waals surface area contributed by atoms with Gasteiger partial charge in [0.1, 0.15) is 12.4 Å².